The summed E-state index contributed by atoms with van der Waals surface area (Å²) in [6, 6.07) is 12.6. The number of nitrogens with zero attached hydrogens (tertiary/aromatic N) is 8. The van der Waals surface area contributed by atoms with Crippen molar-refractivity contribution in [2.24, 2.45) is 0 Å². The van der Waals surface area contributed by atoms with E-state index < -0.39 is 72.4 Å². The Labute approximate surface area is 582 Å². The largest absolute Gasteiger partial charge is 0.494 e. The number of aromatic nitrogens is 1. The van der Waals surface area contributed by atoms with Crippen LogP contribution in [0.25, 0.3) is 10.9 Å². The molecule has 29 nitrogen and oxygen atoms in total. The summed E-state index contributed by atoms with van der Waals surface area (Å²) in [6.07, 6.45) is 4.07. The third-order valence-corrected chi connectivity index (χ3v) is 18.0. The number of hydrogen-bond acceptors (Lipinski definition) is 19. The van der Waals surface area contributed by atoms with Crippen LogP contribution in [0, 0.1) is 3.57 Å². The number of rotatable bonds is 39. The summed E-state index contributed by atoms with van der Waals surface area (Å²) >= 11 is 2.24. The second-order valence-electron chi connectivity index (χ2n) is 25.1. The van der Waals surface area contributed by atoms with Crippen molar-refractivity contribution in [1.29, 1.82) is 0 Å². The van der Waals surface area contributed by atoms with Crippen LogP contribution in [0.4, 0.5) is 8.78 Å². The van der Waals surface area contributed by atoms with Gasteiger partial charge in [-0.05, 0) is 129 Å². The van der Waals surface area contributed by atoms with E-state index in [0.717, 1.165) is 15.6 Å². The zero-order valence-corrected chi connectivity index (χ0v) is 57.7. The van der Waals surface area contributed by atoms with Crippen molar-refractivity contribution < 1.29 is 87.0 Å². The second-order valence-corrected chi connectivity index (χ2v) is 26.3. The van der Waals surface area contributed by atoms with Gasteiger partial charge in [-0.1, -0.05) is 12.1 Å². The fourth-order valence-electron chi connectivity index (χ4n) is 11.8. The molecular formula is C66H96F2IN13O16. The molecule has 3 aliphatic heterocycles. The summed E-state index contributed by atoms with van der Waals surface area (Å²) in [5, 5.41) is 63.4. The van der Waals surface area contributed by atoms with Crippen molar-refractivity contribution in [1.82, 2.24) is 65.9 Å². The van der Waals surface area contributed by atoms with Crippen LogP contribution < -0.4 is 31.3 Å². The van der Waals surface area contributed by atoms with Crippen molar-refractivity contribution in [3.8, 4) is 5.75 Å². The van der Waals surface area contributed by atoms with Crippen molar-refractivity contribution in [2.45, 2.75) is 114 Å². The predicted molar refractivity (Wildman–Crippen MR) is 364 cm³/mol. The summed E-state index contributed by atoms with van der Waals surface area (Å²) in [6.45, 7) is 3.22. The van der Waals surface area contributed by atoms with Crippen LogP contribution in [-0.4, -0.2) is 299 Å². The Balaban J connectivity index is 0.976. The normalized spacial score (nSPS) is 17.3. The molecule has 3 atom stereocenters. The Morgan fingerprint density at radius 1 is 0.571 bits per heavy atom. The monoisotopic (exact) mass is 1490 g/mol. The van der Waals surface area contributed by atoms with Gasteiger partial charge in [-0.3, -0.25) is 77.5 Å². The van der Waals surface area contributed by atoms with Gasteiger partial charge in [0.05, 0.1) is 57.0 Å². The number of aliphatic carboxylic acids is 4. The smallest absolute Gasteiger partial charge is 0.326 e. The first-order valence-electron chi connectivity index (χ1n) is 33.6. The first kappa shape index (κ1) is 79.6. The molecule has 0 saturated carbocycles. The van der Waals surface area contributed by atoms with E-state index in [2.05, 4.69) is 59.1 Å². The van der Waals surface area contributed by atoms with Gasteiger partial charge in [0.25, 0.3) is 11.8 Å². The molecule has 1 aromatic heterocycles. The lowest BCUT2D eigenvalue weighted by Gasteiger charge is -2.36. The Kier molecular flexibility index (Phi) is 34.1. The summed E-state index contributed by atoms with van der Waals surface area (Å²) in [7, 11) is 0. The Morgan fingerprint density at radius 3 is 1.65 bits per heavy atom. The number of fused-ring (bicyclic) bond motifs is 1. The number of carbonyl (C=O) groups is 10. The lowest BCUT2D eigenvalue weighted by atomic mass is 10.1. The molecule has 0 aliphatic carbocycles. The van der Waals surface area contributed by atoms with Gasteiger partial charge in [-0.15, -0.1) is 0 Å². The lowest BCUT2D eigenvalue weighted by molar-refractivity contribution is -0.142. The van der Waals surface area contributed by atoms with Crippen molar-refractivity contribution in [3.63, 3.8) is 0 Å². The summed E-state index contributed by atoms with van der Waals surface area (Å²) in [5.41, 5.74) is 1.94. The molecular weight excluding hydrogens is 1400 g/mol. The average molecular weight is 1490 g/mol. The van der Waals surface area contributed by atoms with Crippen LogP contribution in [0.3, 0.4) is 0 Å². The number of unbranched alkanes of at least 4 members (excludes halogenated alkanes) is 2. The quantitative estimate of drug-likeness (QED) is 0.0285. The van der Waals surface area contributed by atoms with Gasteiger partial charge in [0.2, 0.25) is 29.5 Å². The molecule has 2 aromatic carbocycles. The maximum absolute atomic E-state index is 14.3. The van der Waals surface area contributed by atoms with Crippen molar-refractivity contribution >= 4 is 92.8 Å². The number of aryl methyl sites for hydroxylation is 1. The molecule has 6 amide bonds. The number of nitrogens with one attached hydrogen (secondary N) is 5. The minimum atomic E-state index is -2.90. The molecule has 2 unspecified atom stereocenters. The Bertz CT molecular complexity index is 3080. The van der Waals surface area contributed by atoms with Gasteiger partial charge < -0.3 is 61.8 Å². The molecule has 3 saturated heterocycles. The number of hydrogen-bond donors (Lipinski definition) is 10. The number of amides is 6. The number of carboxylic acid groups (broad SMARTS) is 4. The Morgan fingerprint density at radius 2 is 1.10 bits per heavy atom. The average Bonchev–Trinajstić information content (AvgIpc) is 0.939. The van der Waals surface area contributed by atoms with Crippen LogP contribution >= 0.6 is 22.6 Å². The van der Waals surface area contributed by atoms with Crippen LogP contribution in [0.5, 0.6) is 5.75 Å². The molecule has 10 N–H and O–H groups in total. The van der Waals surface area contributed by atoms with Crippen molar-refractivity contribution in [2.75, 3.05) is 151 Å². The number of carbonyl (C=O) groups excluding carboxylic acids is 6. The minimum Gasteiger partial charge on any atom is -0.494 e. The third-order valence-electron chi connectivity index (χ3n) is 17.3. The van der Waals surface area contributed by atoms with Gasteiger partial charge in [0.15, 0.2) is 0 Å². The number of aliphatic hydroxyl groups is 1. The van der Waals surface area contributed by atoms with E-state index in [-0.39, 0.29) is 160 Å². The zero-order valence-electron chi connectivity index (χ0n) is 55.5. The van der Waals surface area contributed by atoms with Crippen LogP contribution in [0.15, 0.2) is 54.7 Å². The number of carboxylic acids is 4. The summed E-state index contributed by atoms with van der Waals surface area (Å²) in [4.78, 5) is 144. The molecule has 542 valence electrons. The molecule has 4 heterocycles. The van der Waals surface area contributed by atoms with E-state index in [0.29, 0.717) is 107 Å². The fourth-order valence-corrected chi connectivity index (χ4v) is 12.2. The lowest BCUT2D eigenvalue weighted by Crippen LogP contribution is -2.55. The number of benzene rings is 2. The van der Waals surface area contributed by atoms with Gasteiger partial charge >= 0.3 is 23.9 Å². The first-order chi connectivity index (χ1) is 46.9. The topological polar surface area (TPSA) is 377 Å². The third kappa shape index (κ3) is 30.0. The zero-order chi connectivity index (χ0) is 71.0. The van der Waals surface area contributed by atoms with E-state index >= 15 is 0 Å². The van der Waals surface area contributed by atoms with Crippen LogP contribution in [-0.2, 0) is 49.6 Å². The first-order valence-corrected chi connectivity index (χ1v) is 34.7. The van der Waals surface area contributed by atoms with E-state index in [1.54, 1.807) is 42.7 Å². The van der Waals surface area contributed by atoms with Crippen LogP contribution in [0.1, 0.15) is 99.4 Å². The molecule has 0 spiro atoms. The minimum absolute atomic E-state index is 0.00535. The summed E-state index contributed by atoms with van der Waals surface area (Å²) < 4.78 is 34.7. The predicted octanol–water partition coefficient (Wildman–Crippen LogP) is 1.44. The highest BCUT2D eigenvalue weighted by molar-refractivity contribution is 14.1. The fraction of sp³-hybridized carbons (Fsp3) is 0.621. The van der Waals surface area contributed by atoms with E-state index in [4.69, 9.17) is 4.74 Å². The Hall–Kier alpha value is -7.34. The molecule has 3 fully saturated rings. The highest BCUT2D eigenvalue weighted by atomic mass is 127. The molecule has 3 aromatic rings. The highest BCUT2D eigenvalue weighted by Crippen LogP contribution is 2.28. The standard InChI is InChI=1S/C66H96F2IN13O16/c67-66(68)21-26-82(46-66)59(87)41-73-63(94)50-20-24-70-52-19-18-49(40-51(50)52)98-39-7-25-76-35-37-81(38-36-76)64(95)53(74-56(84)12-6-13-57(85)75-54(65(96)97)10-2-4-22-71-55(83)11-5-8-47-14-16-48(69)17-15-47)9-1-3-23-72-58(86)42-77-27-29-78(43-60(88)89)31-33-80(45-62(92)93)34-32-79(30-28-77)44-61(90)91/h14-20,24,40,53-54,59,87H,1-13,21-23,25-39,41-46H2,(H,71,83)(H,72,86)(H,73,94)(H,74,84)(H,75,85)(H,88,89)(H,90,91)(H,92,93)(H,96,97)/t53-,54?,59?/m0/s1. The van der Waals surface area contributed by atoms with Crippen molar-refractivity contribution in [3.05, 3.63) is 69.4 Å². The highest BCUT2D eigenvalue weighted by Gasteiger charge is 2.40. The molecule has 32 heteroatoms. The number of pyridine rings is 1. The number of likely N-dealkylation sites (tertiary alicyclic amines) is 1. The number of halogens is 3. The van der Waals surface area contributed by atoms with Gasteiger partial charge in [-0.25, -0.2) is 13.6 Å². The second kappa shape index (κ2) is 41.9. The number of alkyl halides is 2. The maximum atomic E-state index is 14.3. The molecule has 0 radical (unpaired) electrons. The number of piperazine rings is 1. The van der Waals surface area contributed by atoms with E-state index in [9.17, 15) is 82.3 Å². The van der Waals surface area contributed by atoms with E-state index in [1.165, 1.54) is 17.2 Å². The number of ether oxygens (including phenoxy) is 1. The molecule has 98 heavy (non-hydrogen) atoms. The van der Waals surface area contributed by atoms with Gasteiger partial charge in [0, 0.05) is 146 Å². The maximum Gasteiger partial charge on any atom is 0.326 e. The van der Waals surface area contributed by atoms with E-state index in [1.807, 2.05) is 24.3 Å². The SMILES string of the molecule is O=C(O)CN1CCN(CC(=O)O)CCN(CC(=O)NCCCC[C@H](NC(=O)CCCC(=O)NC(CCCCNC(=O)CCCc2ccc(I)cc2)C(=O)O)C(=O)N2CCN(CCCOc3ccc4nccc(C(=O)NCC(O)N5CCC(F)(F)C5)c4c3)CC2)CCN(CC(=O)O)CC1. The van der Waals surface area contributed by atoms with Gasteiger partial charge in [0.1, 0.15) is 24.1 Å². The number of aliphatic hydroxyl groups excluding tert-OH is 1. The molecule has 3 aliphatic rings. The summed E-state index contributed by atoms with van der Waals surface area (Å²) in [5.74, 6) is -9.17. The molecule has 0 bridgehead atoms. The molecule has 6 rings (SSSR count). The van der Waals surface area contributed by atoms with Crippen LogP contribution in [0.2, 0.25) is 0 Å². The van der Waals surface area contributed by atoms with Gasteiger partial charge in [-0.2, -0.15) is 0 Å².